The lowest BCUT2D eigenvalue weighted by Gasteiger charge is -2.13. The lowest BCUT2D eigenvalue weighted by molar-refractivity contribution is 0.0562. The lowest BCUT2D eigenvalue weighted by atomic mass is 10.2. The van der Waals surface area contributed by atoms with Crippen molar-refractivity contribution in [3.63, 3.8) is 0 Å². The summed E-state index contributed by atoms with van der Waals surface area (Å²) in [7, 11) is 0. The van der Waals surface area contributed by atoms with E-state index in [9.17, 15) is 0 Å². The minimum absolute atomic E-state index is 0.448. The molecule has 1 heterocycles. The molecule has 0 bridgehead atoms. The molecule has 0 saturated carbocycles. The maximum absolute atomic E-state index is 5.71. The van der Waals surface area contributed by atoms with Gasteiger partial charge in [-0.1, -0.05) is 13.8 Å². The fraction of sp³-hybridized carbons (Fsp3) is 1.00. The van der Waals surface area contributed by atoms with Crippen LogP contribution in [0.1, 0.15) is 33.6 Å². The molecule has 84 valence electrons. The number of hydrogen-bond acceptors (Lipinski definition) is 3. The summed E-state index contributed by atoms with van der Waals surface area (Å²) >= 11 is 0. The first-order valence-corrected chi connectivity index (χ1v) is 5.78. The van der Waals surface area contributed by atoms with Gasteiger partial charge in [0.25, 0.3) is 0 Å². The van der Waals surface area contributed by atoms with Crippen LogP contribution in [-0.4, -0.2) is 37.9 Å². The van der Waals surface area contributed by atoms with Crippen LogP contribution in [-0.2, 0) is 4.74 Å². The molecule has 0 radical (unpaired) electrons. The molecular formula is C11H24N2O. The second-order valence-electron chi connectivity index (χ2n) is 4.46. The van der Waals surface area contributed by atoms with Gasteiger partial charge < -0.3 is 15.4 Å². The Morgan fingerprint density at radius 1 is 1.29 bits per heavy atom. The van der Waals surface area contributed by atoms with Crippen molar-refractivity contribution in [1.82, 2.24) is 10.6 Å². The van der Waals surface area contributed by atoms with Crippen LogP contribution >= 0.6 is 0 Å². The predicted octanol–water partition coefficient (Wildman–Crippen LogP) is 1.14. The topological polar surface area (TPSA) is 33.3 Å². The summed E-state index contributed by atoms with van der Waals surface area (Å²) in [4.78, 5) is 0. The van der Waals surface area contributed by atoms with Gasteiger partial charge in [-0.25, -0.2) is 0 Å². The zero-order valence-electron chi connectivity index (χ0n) is 9.68. The molecule has 0 aromatic rings. The first kappa shape index (κ1) is 12.0. The SMILES string of the molecule is CC(C)NCCNCC1CCC(C)O1. The molecule has 1 rings (SSSR count). The third-order valence-corrected chi connectivity index (χ3v) is 2.55. The van der Waals surface area contributed by atoms with Gasteiger partial charge >= 0.3 is 0 Å². The smallest absolute Gasteiger partial charge is 0.0704 e. The van der Waals surface area contributed by atoms with Crippen LogP contribution in [0.2, 0.25) is 0 Å². The van der Waals surface area contributed by atoms with Crippen molar-refractivity contribution >= 4 is 0 Å². The molecule has 1 saturated heterocycles. The molecule has 0 aliphatic carbocycles. The Kier molecular flexibility index (Phi) is 5.45. The van der Waals surface area contributed by atoms with Crippen molar-refractivity contribution < 1.29 is 4.74 Å². The van der Waals surface area contributed by atoms with E-state index < -0.39 is 0 Å². The Bertz CT molecular complexity index is 150. The highest BCUT2D eigenvalue weighted by Gasteiger charge is 2.20. The van der Waals surface area contributed by atoms with Gasteiger partial charge in [-0.15, -0.1) is 0 Å². The normalized spacial score (nSPS) is 27.4. The Morgan fingerprint density at radius 3 is 2.64 bits per heavy atom. The van der Waals surface area contributed by atoms with E-state index in [1.807, 2.05) is 0 Å². The molecule has 0 aromatic heterocycles. The molecule has 3 nitrogen and oxygen atoms in total. The van der Waals surface area contributed by atoms with E-state index in [2.05, 4.69) is 31.4 Å². The maximum atomic E-state index is 5.71. The first-order chi connectivity index (χ1) is 6.68. The summed E-state index contributed by atoms with van der Waals surface area (Å²) < 4.78 is 5.71. The molecule has 1 aliphatic rings. The molecule has 0 amide bonds. The Balaban J connectivity index is 1.89. The minimum Gasteiger partial charge on any atom is -0.374 e. The van der Waals surface area contributed by atoms with Crippen molar-refractivity contribution in [3.8, 4) is 0 Å². The summed E-state index contributed by atoms with van der Waals surface area (Å²) in [6.45, 7) is 9.57. The number of nitrogens with one attached hydrogen (secondary N) is 2. The van der Waals surface area contributed by atoms with E-state index >= 15 is 0 Å². The van der Waals surface area contributed by atoms with E-state index in [-0.39, 0.29) is 0 Å². The third-order valence-electron chi connectivity index (χ3n) is 2.55. The van der Waals surface area contributed by atoms with Crippen LogP contribution in [0.25, 0.3) is 0 Å². The fourth-order valence-corrected chi connectivity index (χ4v) is 1.75. The summed E-state index contributed by atoms with van der Waals surface area (Å²) in [5.41, 5.74) is 0. The molecule has 0 spiro atoms. The maximum Gasteiger partial charge on any atom is 0.0704 e. The second kappa shape index (κ2) is 6.38. The molecule has 2 N–H and O–H groups in total. The van der Waals surface area contributed by atoms with E-state index in [1.54, 1.807) is 0 Å². The highest BCUT2D eigenvalue weighted by atomic mass is 16.5. The van der Waals surface area contributed by atoms with Gasteiger partial charge in [-0.2, -0.15) is 0 Å². The molecule has 1 aliphatic heterocycles. The van der Waals surface area contributed by atoms with E-state index in [0.29, 0.717) is 18.2 Å². The van der Waals surface area contributed by atoms with Gasteiger partial charge in [0.2, 0.25) is 0 Å². The Hall–Kier alpha value is -0.120. The zero-order chi connectivity index (χ0) is 10.4. The van der Waals surface area contributed by atoms with Gasteiger partial charge in [0.15, 0.2) is 0 Å². The second-order valence-corrected chi connectivity index (χ2v) is 4.46. The van der Waals surface area contributed by atoms with Crippen LogP contribution in [0.3, 0.4) is 0 Å². The zero-order valence-corrected chi connectivity index (χ0v) is 9.68. The number of hydrogen-bond donors (Lipinski definition) is 2. The molecule has 2 atom stereocenters. The highest BCUT2D eigenvalue weighted by Crippen LogP contribution is 2.17. The van der Waals surface area contributed by atoms with Crippen LogP contribution in [0.4, 0.5) is 0 Å². The van der Waals surface area contributed by atoms with Gasteiger partial charge in [-0.3, -0.25) is 0 Å². The standard InChI is InChI=1S/C11H24N2O/c1-9(2)13-7-6-12-8-11-5-4-10(3)14-11/h9-13H,4-8H2,1-3H3. The monoisotopic (exact) mass is 200 g/mol. The van der Waals surface area contributed by atoms with Crippen molar-refractivity contribution in [2.75, 3.05) is 19.6 Å². The average molecular weight is 200 g/mol. The van der Waals surface area contributed by atoms with Crippen molar-refractivity contribution in [3.05, 3.63) is 0 Å². The van der Waals surface area contributed by atoms with Gasteiger partial charge in [-0.05, 0) is 19.8 Å². The van der Waals surface area contributed by atoms with Crippen LogP contribution in [0, 0.1) is 0 Å². The Labute approximate surface area is 87.6 Å². The van der Waals surface area contributed by atoms with Crippen LogP contribution < -0.4 is 10.6 Å². The molecule has 2 unspecified atom stereocenters. The first-order valence-electron chi connectivity index (χ1n) is 5.78. The van der Waals surface area contributed by atoms with Gasteiger partial charge in [0, 0.05) is 25.7 Å². The summed E-state index contributed by atoms with van der Waals surface area (Å²) in [5.74, 6) is 0. The Morgan fingerprint density at radius 2 is 2.07 bits per heavy atom. The summed E-state index contributed by atoms with van der Waals surface area (Å²) in [5, 5.41) is 6.79. The van der Waals surface area contributed by atoms with Crippen LogP contribution in [0.5, 0.6) is 0 Å². The molecular weight excluding hydrogens is 176 g/mol. The van der Waals surface area contributed by atoms with E-state index in [1.165, 1.54) is 12.8 Å². The van der Waals surface area contributed by atoms with E-state index in [4.69, 9.17) is 4.74 Å². The predicted molar refractivity (Wildman–Crippen MR) is 59.6 cm³/mol. The van der Waals surface area contributed by atoms with Gasteiger partial charge in [0.05, 0.1) is 12.2 Å². The van der Waals surface area contributed by atoms with Crippen molar-refractivity contribution in [2.45, 2.75) is 51.9 Å². The van der Waals surface area contributed by atoms with Gasteiger partial charge in [0.1, 0.15) is 0 Å². The van der Waals surface area contributed by atoms with E-state index in [0.717, 1.165) is 19.6 Å². The number of ether oxygens (including phenoxy) is 1. The summed E-state index contributed by atoms with van der Waals surface area (Å²) in [6.07, 6.45) is 3.35. The summed E-state index contributed by atoms with van der Waals surface area (Å²) in [6, 6.07) is 0.583. The lowest BCUT2D eigenvalue weighted by Crippen LogP contribution is -2.35. The fourth-order valence-electron chi connectivity index (χ4n) is 1.75. The molecule has 3 heteroatoms. The third kappa shape index (κ3) is 4.94. The highest BCUT2D eigenvalue weighted by molar-refractivity contribution is 4.72. The quantitative estimate of drug-likeness (QED) is 0.631. The minimum atomic E-state index is 0.448. The van der Waals surface area contributed by atoms with Crippen molar-refractivity contribution in [1.29, 1.82) is 0 Å². The van der Waals surface area contributed by atoms with Crippen LogP contribution in [0.15, 0.2) is 0 Å². The van der Waals surface area contributed by atoms with Crippen molar-refractivity contribution in [2.24, 2.45) is 0 Å². The average Bonchev–Trinajstić information content (AvgIpc) is 2.50. The molecule has 0 aromatic carbocycles. The number of rotatable bonds is 6. The largest absolute Gasteiger partial charge is 0.374 e. The molecule has 1 fully saturated rings. The molecule has 14 heavy (non-hydrogen) atoms.